The van der Waals surface area contributed by atoms with Crippen LogP contribution in [-0.4, -0.2) is 0 Å². The molecular weight excluding hydrogens is 613 g/mol. The van der Waals surface area contributed by atoms with E-state index in [2.05, 4.69) is 200 Å². The fourth-order valence-electron chi connectivity index (χ4n) is 8.35. The summed E-state index contributed by atoms with van der Waals surface area (Å²) < 4.78 is 0. The third kappa shape index (κ3) is 4.99. The topological polar surface area (TPSA) is 0 Å². The molecule has 0 N–H and O–H groups in total. The van der Waals surface area contributed by atoms with Crippen LogP contribution in [0, 0.1) is 0 Å². The van der Waals surface area contributed by atoms with Crippen LogP contribution in [0.2, 0.25) is 0 Å². The molecule has 0 aliphatic carbocycles. The van der Waals surface area contributed by atoms with Gasteiger partial charge >= 0.3 is 0 Å². The molecule has 0 saturated carbocycles. The van der Waals surface area contributed by atoms with Crippen LogP contribution in [-0.2, 0) is 0 Å². The summed E-state index contributed by atoms with van der Waals surface area (Å²) in [4.78, 5) is 0. The molecule has 0 radical (unpaired) electrons. The van der Waals surface area contributed by atoms with Crippen molar-refractivity contribution in [2.24, 2.45) is 0 Å². The third-order valence-corrected chi connectivity index (χ3v) is 10.8. The van der Waals surface area contributed by atoms with Crippen molar-refractivity contribution < 1.29 is 0 Å². The predicted molar refractivity (Wildman–Crippen MR) is 219 cm³/mol. The van der Waals surface area contributed by atoms with Gasteiger partial charge in [0.05, 0.1) is 0 Å². The zero-order valence-corrected chi connectivity index (χ0v) is 28.1. The summed E-state index contributed by atoms with van der Waals surface area (Å²) in [6.45, 7) is 0. The zero-order chi connectivity index (χ0) is 33.7. The van der Waals surface area contributed by atoms with Crippen molar-refractivity contribution in [2.45, 2.75) is 5.92 Å². The number of hydrogen-bond donors (Lipinski definition) is 0. The van der Waals surface area contributed by atoms with Gasteiger partial charge in [-0.2, -0.15) is 0 Å². The van der Waals surface area contributed by atoms with Gasteiger partial charge in [0.25, 0.3) is 0 Å². The average molecular weight is 647 g/mol. The van der Waals surface area contributed by atoms with E-state index in [9.17, 15) is 0 Å². The monoisotopic (exact) mass is 646 g/mol. The summed E-state index contributed by atoms with van der Waals surface area (Å²) in [5.74, 6) is 0.0703. The maximum absolute atomic E-state index is 2.35. The van der Waals surface area contributed by atoms with Gasteiger partial charge in [-0.25, -0.2) is 0 Å². The van der Waals surface area contributed by atoms with Crippen molar-refractivity contribution in [1.29, 1.82) is 0 Å². The second-order valence-corrected chi connectivity index (χ2v) is 13.6. The van der Waals surface area contributed by atoms with E-state index in [1.165, 1.54) is 92.8 Å². The summed E-state index contributed by atoms with van der Waals surface area (Å²) in [6.07, 6.45) is 0. The Morgan fingerprint density at radius 1 is 0.255 bits per heavy atom. The third-order valence-electron chi connectivity index (χ3n) is 10.8. The fourth-order valence-corrected chi connectivity index (χ4v) is 8.35. The van der Waals surface area contributed by atoms with E-state index in [1.807, 2.05) is 0 Å². The van der Waals surface area contributed by atoms with Gasteiger partial charge in [-0.3, -0.25) is 0 Å². The minimum absolute atomic E-state index is 0.0703. The van der Waals surface area contributed by atoms with E-state index in [0.29, 0.717) is 0 Å². The van der Waals surface area contributed by atoms with Gasteiger partial charge in [-0.05, 0) is 105 Å². The molecule has 0 bridgehead atoms. The molecule has 0 fully saturated rings. The van der Waals surface area contributed by atoms with Crippen LogP contribution in [0.1, 0.15) is 22.6 Å². The van der Waals surface area contributed by atoms with Crippen LogP contribution in [0.25, 0.3) is 76.1 Å². The van der Waals surface area contributed by atoms with Crippen molar-refractivity contribution in [1.82, 2.24) is 0 Å². The quantitative estimate of drug-likeness (QED) is 0.129. The van der Waals surface area contributed by atoms with Gasteiger partial charge in [0.15, 0.2) is 0 Å². The van der Waals surface area contributed by atoms with E-state index in [1.54, 1.807) is 0 Å². The van der Waals surface area contributed by atoms with Gasteiger partial charge < -0.3 is 0 Å². The molecule has 0 atom stereocenters. The molecule has 0 nitrogen and oxygen atoms in total. The van der Waals surface area contributed by atoms with Gasteiger partial charge in [-0.1, -0.05) is 188 Å². The van der Waals surface area contributed by atoms with Crippen molar-refractivity contribution in [3.63, 3.8) is 0 Å². The first kappa shape index (κ1) is 29.4. The molecule has 0 spiro atoms. The van der Waals surface area contributed by atoms with Crippen molar-refractivity contribution in [3.8, 4) is 22.3 Å². The largest absolute Gasteiger partial charge is 0.0616 e. The molecular formula is C51H34. The molecule has 0 aliphatic heterocycles. The molecule has 51 heavy (non-hydrogen) atoms. The lowest BCUT2D eigenvalue weighted by Gasteiger charge is -2.22. The maximum atomic E-state index is 2.35. The highest BCUT2D eigenvalue weighted by atomic mass is 14.2. The number of benzene rings is 10. The molecule has 0 heteroatoms. The molecule has 10 aromatic rings. The summed E-state index contributed by atoms with van der Waals surface area (Å²) in [5.41, 5.74) is 8.88. The highest BCUT2D eigenvalue weighted by Crippen LogP contribution is 2.41. The smallest absolute Gasteiger partial charge is 0.0346 e. The Balaban J connectivity index is 1.11. The molecule has 0 aromatic heterocycles. The van der Waals surface area contributed by atoms with Crippen molar-refractivity contribution in [2.75, 3.05) is 0 Å². The van der Waals surface area contributed by atoms with Gasteiger partial charge in [0, 0.05) is 5.92 Å². The molecule has 0 unspecified atom stereocenters. The molecule has 0 heterocycles. The normalized spacial score (nSPS) is 11.7. The first-order chi connectivity index (χ1) is 25.3. The second-order valence-electron chi connectivity index (χ2n) is 13.6. The summed E-state index contributed by atoms with van der Waals surface area (Å²) in [6, 6.07) is 73.9. The van der Waals surface area contributed by atoms with Crippen LogP contribution in [0.3, 0.4) is 0 Å². The summed E-state index contributed by atoms with van der Waals surface area (Å²) in [7, 11) is 0. The lowest BCUT2D eigenvalue weighted by atomic mass is 9.81. The average Bonchev–Trinajstić information content (AvgIpc) is 3.21. The Morgan fingerprint density at radius 3 is 1.12 bits per heavy atom. The maximum Gasteiger partial charge on any atom is 0.0346 e. The highest BCUT2D eigenvalue weighted by Gasteiger charge is 2.20. The molecule has 0 aliphatic rings. The van der Waals surface area contributed by atoms with Crippen LogP contribution >= 0.6 is 0 Å². The van der Waals surface area contributed by atoms with Crippen molar-refractivity contribution in [3.05, 3.63) is 217 Å². The molecule has 10 rings (SSSR count). The first-order valence-electron chi connectivity index (χ1n) is 17.8. The standard InChI is InChI=1S/C51H34/c1-4-16-41-34(12-1)15-11-23-48(41)51(37-28-24-35(25-29-37)49-32-39-13-2-5-17-42(39)44-19-7-9-21-46(44)49)38-30-26-36(27-31-38)50-33-40-14-3-6-18-43(40)45-20-8-10-22-47(45)50/h1-33,51H. The molecule has 238 valence electrons. The Bertz CT molecular complexity index is 2730. The first-order valence-corrected chi connectivity index (χ1v) is 17.8. The van der Waals surface area contributed by atoms with E-state index in [4.69, 9.17) is 0 Å². The van der Waals surface area contributed by atoms with Gasteiger partial charge in [0.2, 0.25) is 0 Å². The lowest BCUT2D eigenvalue weighted by Crippen LogP contribution is -2.04. The van der Waals surface area contributed by atoms with Crippen LogP contribution in [0.5, 0.6) is 0 Å². The SMILES string of the molecule is c1ccc2c(C(c3ccc(-c4cc5ccccc5c5ccccc45)cc3)c3ccc(-c4cc5ccccc5c5ccccc45)cc3)cccc2c1. The Hall–Kier alpha value is -6.50. The van der Waals surface area contributed by atoms with Crippen LogP contribution < -0.4 is 0 Å². The van der Waals surface area contributed by atoms with Crippen LogP contribution in [0.4, 0.5) is 0 Å². The molecule has 0 saturated heterocycles. The van der Waals surface area contributed by atoms with E-state index in [-0.39, 0.29) is 5.92 Å². The Labute approximate surface area is 297 Å². The Morgan fingerprint density at radius 2 is 0.627 bits per heavy atom. The molecule has 0 amide bonds. The van der Waals surface area contributed by atoms with Crippen molar-refractivity contribution >= 4 is 53.9 Å². The predicted octanol–water partition coefficient (Wildman–Crippen LogP) is 14.0. The zero-order valence-electron chi connectivity index (χ0n) is 28.1. The summed E-state index contributed by atoms with van der Waals surface area (Å²) in [5, 5.41) is 12.8. The van der Waals surface area contributed by atoms with Crippen LogP contribution in [0.15, 0.2) is 200 Å². The van der Waals surface area contributed by atoms with E-state index in [0.717, 1.165) is 0 Å². The minimum atomic E-state index is 0.0703. The van der Waals surface area contributed by atoms with E-state index < -0.39 is 0 Å². The number of hydrogen-bond acceptors (Lipinski definition) is 0. The number of fused-ring (bicyclic) bond motifs is 7. The van der Waals surface area contributed by atoms with Gasteiger partial charge in [0.1, 0.15) is 0 Å². The second kappa shape index (κ2) is 12.1. The number of rotatable bonds is 5. The Kier molecular flexibility index (Phi) is 6.99. The summed E-state index contributed by atoms with van der Waals surface area (Å²) >= 11 is 0. The van der Waals surface area contributed by atoms with E-state index >= 15 is 0 Å². The molecule has 10 aromatic carbocycles. The fraction of sp³-hybridized carbons (Fsp3) is 0.0196. The minimum Gasteiger partial charge on any atom is -0.0616 e. The highest BCUT2D eigenvalue weighted by molar-refractivity contribution is 6.14. The van der Waals surface area contributed by atoms with Gasteiger partial charge in [-0.15, -0.1) is 0 Å². The lowest BCUT2D eigenvalue weighted by molar-refractivity contribution is 0.990.